The van der Waals surface area contributed by atoms with Gasteiger partial charge in [-0.1, -0.05) is 6.07 Å². The molecule has 1 fully saturated rings. The summed E-state index contributed by atoms with van der Waals surface area (Å²) in [6, 6.07) is 11.8. The fourth-order valence-corrected chi connectivity index (χ4v) is 4.94. The van der Waals surface area contributed by atoms with Crippen molar-refractivity contribution in [3.63, 3.8) is 0 Å². The molecule has 0 saturated carbocycles. The summed E-state index contributed by atoms with van der Waals surface area (Å²) in [5, 5.41) is 14.8. The molecule has 2 N–H and O–H groups in total. The molecular weight excluding hydrogens is 432 g/mol. The predicted octanol–water partition coefficient (Wildman–Crippen LogP) is 2.34. The molecule has 0 bridgehead atoms. The van der Waals surface area contributed by atoms with Crippen LogP contribution in [-0.4, -0.2) is 58.1 Å². The average Bonchev–Trinajstić information content (AvgIpc) is 2.80. The minimum absolute atomic E-state index is 0.0889. The average molecular weight is 459 g/mol. The molecule has 2 aromatic carbocycles. The monoisotopic (exact) mass is 458 g/mol. The zero-order valence-electron chi connectivity index (χ0n) is 18.1. The number of benzene rings is 2. The first kappa shape index (κ1) is 23.5. The second-order valence-corrected chi connectivity index (χ2v) is 9.06. The second kappa shape index (κ2) is 10.5. The minimum Gasteiger partial charge on any atom is -0.492 e. The molecule has 0 spiro atoms. The maximum absolute atomic E-state index is 13.0. The molecule has 0 atom stereocenters. The maximum atomic E-state index is 13.0. The highest BCUT2D eigenvalue weighted by Gasteiger charge is 2.28. The number of hydrogen-bond donors (Lipinski definition) is 2. The van der Waals surface area contributed by atoms with Gasteiger partial charge in [-0.05, 0) is 49.7 Å². The van der Waals surface area contributed by atoms with E-state index >= 15 is 0 Å². The van der Waals surface area contributed by atoms with Gasteiger partial charge in [0.05, 0.1) is 48.6 Å². The third kappa shape index (κ3) is 5.56. The molecule has 0 radical (unpaired) electrons. The number of amides is 1. The number of anilines is 2. The molecule has 3 rings (SSSR count). The molecule has 10 heteroatoms. The van der Waals surface area contributed by atoms with Gasteiger partial charge in [0.1, 0.15) is 5.75 Å². The Morgan fingerprint density at radius 2 is 1.97 bits per heavy atom. The summed E-state index contributed by atoms with van der Waals surface area (Å²) in [6.07, 6.45) is 0. The molecule has 0 aromatic heterocycles. The zero-order chi connectivity index (χ0) is 23.1. The van der Waals surface area contributed by atoms with E-state index in [2.05, 4.69) is 16.7 Å². The van der Waals surface area contributed by atoms with E-state index in [-0.39, 0.29) is 17.3 Å². The fourth-order valence-electron chi connectivity index (χ4n) is 3.28. The Labute approximate surface area is 188 Å². The highest BCUT2D eigenvalue weighted by atomic mass is 32.2. The Bertz CT molecular complexity index is 1120. The molecule has 9 nitrogen and oxygen atoms in total. The van der Waals surface area contributed by atoms with E-state index in [9.17, 15) is 13.2 Å². The van der Waals surface area contributed by atoms with Crippen LogP contribution in [0.3, 0.4) is 0 Å². The number of carbonyl (C=O) groups excluding carboxylic acids is 1. The summed E-state index contributed by atoms with van der Waals surface area (Å²) in [7, 11) is -3.69. The number of hydrogen-bond acceptors (Lipinski definition) is 7. The van der Waals surface area contributed by atoms with Gasteiger partial charge in [0.15, 0.2) is 0 Å². The minimum atomic E-state index is -3.69. The highest BCUT2D eigenvalue weighted by molar-refractivity contribution is 7.89. The summed E-state index contributed by atoms with van der Waals surface area (Å²) in [4.78, 5) is 12.7. The largest absolute Gasteiger partial charge is 0.492 e. The van der Waals surface area contributed by atoms with E-state index in [1.165, 1.54) is 10.4 Å². The molecule has 32 heavy (non-hydrogen) atoms. The molecule has 1 aliphatic rings. The normalized spacial score (nSPS) is 14.4. The summed E-state index contributed by atoms with van der Waals surface area (Å²) < 4.78 is 38.2. The number of morpholine rings is 1. The van der Waals surface area contributed by atoms with Crippen LogP contribution < -0.4 is 15.4 Å². The van der Waals surface area contributed by atoms with Crippen LogP contribution in [0.1, 0.15) is 18.1 Å². The lowest BCUT2D eigenvalue weighted by atomic mass is 10.2. The van der Waals surface area contributed by atoms with Crippen molar-refractivity contribution < 1.29 is 22.7 Å². The highest BCUT2D eigenvalue weighted by Crippen LogP contribution is 2.26. The van der Waals surface area contributed by atoms with Crippen LogP contribution in [-0.2, 0) is 19.6 Å². The number of sulfonamides is 1. The first-order chi connectivity index (χ1) is 15.3. The Morgan fingerprint density at radius 3 is 2.66 bits per heavy atom. The van der Waals surface area contributed by atoms with E-state index < -0.39 is 10.0 Å². The van der Waals surface area contributed by atoms with Crippen molar-refractivity contribution >= 4 is 27.3 Å². The van der Waals surface area contributed by atoms with Crippen molar-refractivity contribution in [2.24, 2.45) is 0 Å². The fraction of sp³-hybridized carbons (Fsp3) is 0.364. The molecule has 0 unspecified atom stereocenters. The molecule has 1 heterocycles. The number of nitrogens with zero attached hydrogens (tertiary/aromatic N) is 2. The summed E-state index contributed by atoms with van der Waals surface area (Å²) in [5.74, 6) is 0.168. The van der Waals surface area contributed by atoms with Gasteiger partial charge in [-0.25, -0.2) is 8.42 Å². The van der Waals surface area contributed by atoms with Gasteiger partial charge >= 0.3 is 0 Å². The number of aryl methyl sites for hydroxylation is 1. The third-order valence-corrected chi connectivity index (χ3v) is 6.95. The van der Waals surface area contributed by atoms with Gasteiger partial charge in [-0.2, -0.15) is 9.57 Å². The predicted molar refractivity (Wildman–Crippen MR) is 120 cm³/mol. The third-order valence-electron chi connectivity index (χ3n) is 4.91. The van der Waals surface area contributed by atoms with Crippen molar-refractivity contribution in [2.75, 3.05) is 50.1 Å². The van der Waals surface area contributed by atoms with E-state index in [1.54, 1.807) is 37.3 Å². The van der Waals surface area contributed by atoms with E-state index in [4.69, 9.17) is 14.7 Å². The number of rotatable bonds is 8. The van der Waals surface area contributed by atoms with Crippen LogP contribution in [0.5, 0.6) is 5.75 Å². The van der Waals surface area contributed by atoms with Gasteiger partial charge in [0, 0.05) is 18.8 Å². The van der Waals surface area contributed by atoms with Gasteiger partial charge in [0.25, 0.3) is 0 Å². The first-order valence-electron chi connectivity index (χ1n) is 10.2. The van der Waals surface area contributed by atoms with Gasteiger partial charge in [0.2, 0.25) is 15.9 Å². The Balaban J connectivity index is 1.71. The lowest BCUT2D eigenvalue weighted by molar-refractivity contribution is -0.114. The van der Waals surface area contributed by atoms with Crippen molar-refractivity contribution in [3.8, 4) is 11.8 Å². The standard InChI is InChI=1S/C22H26N4O5S/c1-3-31-20-7-5-17(14-23)12-19(20)24-15-22(27)25-18-6-4-16(2)21(13-18)32(28,29)26-8-10-30-11-9-26/h4-7,12-13,24H,3,8-11,15H2,1-2H3,(H,25,27). The maximum Gasteiger partial charge on any atom is 0.243 e. The molecule has 1 amide bonds. The van der Waals surface area contributed by atoms with E-state index in [0.29, 0.717) is 61.2 Å². The van der Waals surface area contributed by atoms with Crippen molar-refractivity contribution in [3.05, 3.63) is 47.5 Å². The van der Waals surface area contributed by atoms with Crippen LogP contribution in [0.4, 0.5) is 11.4 Å². The number of carbonyl (C=O) groups is 1. The molecular formula is C22H26N4O5S. The van der Waals surface area contributed by atoms with Crippen molar-refractivity contribution in [1.82, 2.24) is 4.31 Å². The van der Waals surface area contributed by atoms with Crippen LogP contribution in [0, 0.1) is 18.3 Å². The SMILES string of the molecule is CCOc1ccc(C#N)cc1NCC(=O)Nc1ccc(C)c(S(=O)(=O)N2CCOCC2)c1. The summed E-state index contributed by atoms with van der Waals surface area (Å²) in [5.41, 5.74) is 1.95. The lowest BCUT2D eigenvalue weighted by Crippen LogP contribution is -2.40. The topological polar surface area (TPSA) is 121 Å². The molecule has 170 valence electrons. The van der Waals surface area contributed by atoms with Gasteiger partial charge < -0.3 is 20.1 Å². The number of nitrogens with one attached hydrogen (secondary N) is 2. The van der Waals surface area contributed by atoms with Gasteiger partial charge in [-0.15, -0.1) is 0 Å². The second-order valence-electron chi connectivity index (χ2n) is 7.15. The number of nitriles is 1. The zero-order valence-corrected chi connectivity index (χ0v) is 18.9. The van der Waals surface area contributed by atoms with Crippen LogP contribution in [0.25, 0.3) is 0 Å². The van der Waals surface area contributed by atoms with Crippen LogP contribution in [0.15, 0.2) is 41.3 Å². The number of ether oxygens (including phenoxy) is 2. The van der Waals surface area contributed by atoms with E-state index in [1.807, 2.05) is 6.92 Å². The Kier molecular flexibility index (Phi) is 7.69. The Morgan fingerprint density at radius 1 is 1.22 bits per heavy atom. The molecule has 1 aliphatic heterocycles. The molecule has 0 aliphatic carbocycles. The summed E-state index contributed by atoms with van der Waals surface area (Å²) in [6.45, 7) is 5.23. The van der Waals surface area contributed by atoms with Crippen LogP contribution in [0.2, 0.25) is 0 Å². The van der Waals surface area contributed by atoms with Crippen molar-refractivity contribution in [1.29, 1.82) is 5.26 Å². The van der Waals surface area contributed by atoms with E-state index in [0.717, 1.165) is 0 Å². The first-order valence-corrected chi connectivity index (χ1v) is 11.7. The quantitative estimate of drug-likeness (QED) is 0.623. The lowest BCUT2D eigenvalue weighted by Gasteiger charge is -2.26. The van der Waals surface area contributed by atoms with Crippen molar-refractivity contribution in [2.45, 2.75) is 18.7 Å². The smallest absolute Gasteiger partial charge is 0.243 e. The van der Waals surface area contributed by atoms with Crippen LogP contribution >= 0.6 is 0 Å². The molecule has 1 saturated heterocycles. The molecule has 2 aromatic rings. The van der Waals surface area contributed by atoms with Gasteiger partial charge in [-0.3, -0.25) is 4.79 Å². The summed E-state index contributed by atoms with van der Waals surface area (Å²) >= 11 is 0. The Hall–Kier alpha value is -3.13.